The second-order valence-electron chi connectivity index (χ2n) is 8.91. The van der Waals surface area contributed by atoms with E-state index in [1.807, 2.05) is 36.4 Å². The van der Waals surface area contributed by atoms with Crippen molar-refractivity contribution in [3.63, 3.8) is 0 Å². The number of anilines is 1. The molecule has 4 aromatic rings. The van der Waals surface area contributed by atoms with Crippen LogP contribution in [0.2, 0.25) is 0 Å². The molecule has 0 bridgehead atoms. The maximum atomic E-state index is 14.4. The highest BCUT2D eigenvalue weighted by Gasteiger charge is 2.37. The molecule has 3 aromatic carbocycles. The number of ether oxygens (including phenoxy) is 1. The molecule has 2 heterocycles. The summed E-state index contributed by atoms with van der Waals surface area (Å²) >= 11 is 1.35. The third-order valence-corrected chi connectivity index (χ3v) is 7.54. The molecule has 7 nitrogen and oxygen atoms in total. The first kappa shape index (κ1) is 26.6. The highest BCUT2D eigenvalue weighted by Crippen LogP contribution is 2.48. The van der Waals surface area contributed by atoms with Crippen molar-refractivity contribution in [2.24, 2.45) is 0 Å². The monoisotopic (exact) mass is 548 g/mol. The van der Waals surface area contributed by atoms with Crippen molar-refractivity contribution in [1.29, 1.82) is 0 Å². The van der Waals surface area contributed by atoms with Gasteiger partial charge in [-0.2, -0.15) is 5.10 Å². The fourth-order valence-electron chi connectivity index (χ4n) is 4.52. The van der Waals surface area contributed by atoms with E-state index in [4.69, 9.17) is 9.84 Å². The van der Waals surface area contributed by atoms with Gasteiger partial charge >= 0.3 is 0 Å². The molecule has 0 radical (unpaired) electrons. The lowest BCUT2D eigenvalue weighted by Crippen LogP contribution is -2.43. The Kier molecular flexibility index (Phi) is 8.04. The van der Waals surface area contributed by atoms with Crippen LogP contribution in [0.4, 0.5) is 14.6 Å². The van der Waals surface area contributed by atoms with Crippen LogP contribution in [-0.2, 0) is 14.3 Å². The van der Waals surface area contributed by atoms with Gasteiger partial charge in [-0.25, -0.2) is 13.5 Å². The van der Waals surface area contributed by atoms with Crippen LogP contribution in [0.25, 0.3) is 16.9 Å². The lowest BCUT2D eigenvalue weighted by atomic mass is 9.99. The molecule has 39 heavy (non-hydrogen) atoms. The second-order valence-corrected chi connectivity index (χ2v) is 10.0. The third kappa shape index (κ3) is 5.71. The van der Waals surface area contributed by atoms with Crippen LogP contribution in [0.5, 0.6) is 0 Å². The molecule has 0 spiro atoms. The lowest BCUT2D eigenvalue weighted by molar-refractivity contribution is -0.123. The SMILES string of the molecule is COCCNC(=O)CN1C(=O)CS[C@@H](c2cccc(F)c2)c2c(-c3ccccc3)nn(-c3ccc(F)cc3)c21. The maximum Gasteiger partial charge on any atom is 0.240 e. The number of carbonyl (C=O) groups is 2. The lowest BCUT2D eigenvalue weighted by Gasteiger charge is -2.23. The quantitative estimate of drug-likeness (QED) is 0.322. The zero-order chi connectivity index (χ0) is 27.4. The Balaban J connectivity index is 1.75. The van der Waals surface area contributed by atoms with Gasteiger partial charge < -0.3 is 10.1 Å². The molecule has 0 unspecified atom stereocenters. The van der Waals surface area contributed by atoms with Crippen molar-refractivity contribution in [3.8, 4) is 16.9 Å². The van der Waals surface area contributed by atoms with Gasteiger partial charge in [0.2, 0.25) is 11.8 Å². The molecule has 5 rings (SSSR count). The molecule has 2 amide bonds. The number of methoxy groups -OCH3 is 1. The van der Waals surface area contributed by atoms with Crippen molar-refractivity contribution in [2.45, 2.75) is 5.25 Å². The summed E-state index contributed by atoms with van der Waals surface area (Å²) < 4.78 is 34.8. The Labute approximate surface area is 228 Å². The minimum atomic E-state index is -0.467. The highest BCUT2D eigenvalue weighted by atomic mass is 32.2. The molecule has 1 atom stereocenters. The molecule has 1 aliphatic heterocycles. The summed E-state index contributed by atoms with van der Waals surface area (Å²) in [6.07, 6.45) is 0. The minimum Gasteiger partial charge on any atom is -0.383 e. The number of amides is 2. The van der Waals surface area contributed by atoms with Gasteiger partial charge in [0.05, 0.1) is 29.0 Å². The van der Waals surface area contributed by atoms with Gasteiger partial charge in [0.1, 0.15) is 24.0 Å². The van der Waals surface area contributed by atoms with Crippen molar-refractivity contribution < 1.29 is 23.1 Å². The van der Waals surface area contributed by atoms with E-state index >= 15 is 0 Å². The number of thioether (sulfide) groups is 1. The minimum absolute atomic E-state index is 0.0544. The molecule has 0 saturated carbocycles. The molecular weight excluding hydrogens is 522 g/mol. The molecular formula is C29H26F2N4O3S. The van der Waals surface area contributed by atoms with Crippen LogP contribution >= 0.6 is 11.8 Å². The molecule has 0 fully saturated rings. The molecule has 1 N–H and O–H groups in total. The van der Waals surface area contributed by atoms with Gasteiger partial charge in [-0.3, -0.25) is 14.5 Å². The number of nitrogens with one attached hydrogen (secondary N) is 1. The third-order valence-electron chi connectivity index (χ3n) is 6.29. The predicted molar refractivity (Wildman–Crippen MR) is 147 cm³/mol. The van der Waals surface area contributed by atoms with Gasteiger partial charge in [0.25, 0.3) is 0 Å². The fourth-order valence-corrected chi connectivity index (χ4v) is 5.70. The Morgan fingerprint density at radius 3 is 2.54 bits per heavy atom. The van der Waals surface area contributed by atoms with Gasteiger partial charge in [-0.1, -0.05) is 42.5 Å². The largest absolute Gasteiger partial charge is 0.383 e. The van der Waals surface area contributed by atoms with E-state index in [1.165, 1.54) is 48.0 Å². The highest BCUT2D eigenvalue weighted by molar-refractivity contribution is 8.00. The van der Waals surface area contributed by atoms with Crippen LogP contribution in [0, 0.1) is 11.6 Å². The number of hydrogen-bond donors (Lipinski definition) is 1. The van der Waals surface area contributed by atoms with Crippen LogP contribution in [0.3, 0.4) is 0 Å². The first-order valence-corrected chi connectivity index (χ1v) is 13.4. The van der Waals surface area contributed by atoms with Crippen molar-refractivity contribution in [3.05, 3.63) is 102 Å². The van der Waals surface area contributed by atoms with Crippen LogP contribution in [0.15, 0.2) is 78.9 Å². The van der Waals surface area contributed by atoms with E-state index in [9.17, 15) is 18.4 Å². The van der Waals surface area contributed by atoms with Crippen LogP contribution in [0.1, 0.15) is 16.4 Å². The van der Waals surface area contributed by atoms with E-state index in [0.29, 0.717) is 34.9 Å². The number of halogens is 2. The fraction of sp³-hybridized carbons (Fsp3) is 0.207. The smallest absolute Gasteiger partial charge is 0.240 e. The van der Waals surface area contributed by atoms with Gasteiger partial charge in [0.15, 0.2) is 0 Å². The number of aromatic nitrogens is 2. The molecule has 200 valence electrons. The summed E-state index contributed by atoms with van der Waals surface area (Å²) in [5.74, 6) is -1.05. The summed E-state index contributed by atoms with van der Waals surface area (Å²) in [6, 6.07) is 21.5. The van der Waals surface area contributed by atoms with Crippen molar-refractivity contribution in [2.75, 3.05) is 37.5 Å². The molecule has 0 saturated heterocycles. The average Bonchev–Trinajstić information content (AvgIpc) is 3.26. The Hall–Kier alpha value is -4.02. The van der Waals surface area contributed by atoms with Crippen molar-refractivity contribution in [1.82, 2.24) is 15.1 Å². The van der Waals surface area contributed by atoms with Crippen molar-refractivity contribution >= 4 is 29.4 Å². The Morgan fingerprint density at radius 2 is 1.82 bits per heavy atom. The standard InChI is InChI=1S/C29H26F2N4O3S/c1-38-15-14-32-24(36)17-34-25(37)18-39-28(20-8-5-9-22(31)16-20)26-27(19-6-3-2-4-7-19)33-35(29(26)34)23-12-10-21(30)11-13-23/h2-13,16,28H,14-15,17-18H2,1H3,(H,32,36)/t28-/m0/s1. The number of fused-ring (bicyclic) bond motifs is 1. The molecule has 1 aromatic heterocycles. The number of nitrogens with zero attached hydrogens (tertiary/aromatic N) is 3. The molecule has 1 aliphatic rings. The number of rotatable bonds is 8. The van der Waals surface area contributed by atoms with Gasteiger partial charge in [-0.15, -0.1) is 11.8 Å². The average molecular weight is 549 g/mol. The summed E-state index contributed by atoms with van der Waals surface area (Å²) in [5.41, 5.74) is 3.21. The van der Waals surface area contributed by atoms with E-state index in [-0.39, 0.29) is 30.7 Å². The Bertz CT molecular complexity index is 1480. The molecule has 10 heteroatoms. The summed E-state index contributed by atoms with van der Waals surface area (Å²) in [5, 5.41) is 7.21. The summed E-state index contributed by atoms with van der Waals surface area (Å²) in [7, 11) is 1.53. The van der Waals surface area contributed by atoms with Crippen LogP contribution in [-0.4, -0.2) is 54.2 Å². The zero-order valence-corrected chi connectivity index (χ0v) is 22.0. The first-order chi connectivity index (χ1) is 19.0. The van der Waals surface area contributed by atoms with Gasteiger partial charge in [-0.05, 0) is 42.0 Å². The number of hydrogen-bond acceptors (Lipinski definition) is 5. The van der Waals surface area contributed by atoms with E-state index in [0.717, 1.165) is 5.56 Å². The maximum absolute atomic E-state index is 14.4. The topological polar surface area (TPSA) is 76.5 Å². The molecule has 0 aliphatic carbocycles. The number of carbonyl (C=O) groups excluding carboxylic acids is 2. The summed E-state index contributed by atoms with van der Waals surface area (Å²) in [4.78, 5) is 27.9. The zero-order valence-electron chi connectivity index (χ0n) is 21.1. The van der Waals surface area contributed by atoms with E-state index < -0.39 is 16.9 Å². The summed E-state index contributed by atoms with van der Waals surface area (Å²) in [6.45, 7) is 0.360. The van der Waals surface area contributed by atoms with E-state index in [2.05, 4.69) is 5.32 Å². The number of benzene rings is 3. The Morgan fingerprint density at radius 1 is 1.05 bits per heavy atom. The van der Waals surface area contributed by atoms with Crippen LogP contribution < -0.4 is 10.2 Å². The first-order valence-electron chi connectivity index (χ1n) is 12.3. The second kappa shape index (κ2) is 11.8. The predicted octanol–water partition coefficient (Wildman–Crippen LogP) is 4.75. The van der Waals surface area contributed by atoms with Gasteiger partial charge in [0, 0.05) is 24.8 Å². The normalized spacial score (nSPS) is 15.1. The van der Waals surface area contributed by atoms with E-state index in [1.54, 1.807) is 22.9 Å².